The number of benzene rings is 3. The highest BCUT2D eigenvalue weighted by atomic mass is 16.2. The van der Waals surface area contributed by atoms with Gasteiger partial charge in [0, 0.05) is 6.54 Å². The number of fused-ring (bicyclic) bond motifs is 1. The highest BCUT2D eigenvalue weighted by Gasteiger charge is 2.58. The molecule has 2 fully saturated rings. The molecule has 2 aliphatic rings. The second kappa shape index (κ2) is 7.52. The number of amides is 2. The van der Waals surface area contributed by atoms with Gasteiger partial charge < -0.3 is 0 Å². The Hall–Kier alpha value is -3.28. The Morgan fingerprint density at radius 3 is 2.10 bits per heavy atom. The standard InChI is InChI=1S/C25H23N3O2/c1-17-12-14-20(15-13-17)28-24(29)21-22(19-10-6-3-7-11-19)26-27(23(21)25(28)30)16-18-8-4-2-5-9-18/h2-15,21-23,26H,16H2,1H3/t21-,22-,23+/m1/s1. The van der Waals surface area contributed by atoms with Crippen LogP contribution in [0, 0.1) is 12.8 Å². The highest BCUT2D eigenvalue weighted by Crippen LogP contribution is 2.42. The van der Waals surface area contributed by atoms with Crippen LogP contribution >= 0.6 is 0 Å². The van der Waals surface area contributed by atoms with Gasteiger partial charge in [-0.2, -0.15) is 0 Å². The molecular formula is C25H23N3O2. The van der Waals surface area contributed by atoms with Crippen molar-refractivity contribution in [1.82, 2.24) is 10.4 Å². The van der Waals surface area contributed by atoms with Gasteiger partial charge in [0.1, 0.15) is 6.04 Å². The van der Waals surface area contributed by atoms with Crippen molar-refractivity contribution in [2.24, 2.45) is 5.92 Å². The Morgan fingerprint density at radius 1 is 0.800 bits per heavy atom. The summed E-state index contributed by atoms with van der Waals surface area (Å²) in [6.45, 7) is 2.54. The fourth-order valence-electron chi connectivity index (χ4n) is 4.48. The molecule has 0 spiro atoms. The quantitative estimate of drug-likeness (QED) is 0.684. The molecule has 3 atom stereocenters. The number of anilines is 1. The first kappa shape index (κ1) is 18.7. The first-order valence-electron chi connectivity index (χ1n) is 10.2. The lowest BCUT2D eigenvalue weighted by atomic mass is 9.91. The molecule has 5 rings (SSSR count). The zero-order valence-electron chi connectivity index (χ0n) is 16.7. The number of hydrazine groups is 1. The molecule has 3 aromatic carbocycles. The third-order valence-electron chi connectivity index (χ3n) is 5.97. The van der Waals surface area contributed by atoms with Crippen LogP contribution in [-0.2, 0) is 16.1 Å². The minimum absolute atomic E-state index is 0.147. The molecule has 5 heteroatoms. The van der Waals surface area contributed by atoms with Gasteiger partial charge in [-0.15, -0.1) is 0 Å². The summed E-state index contributed by atoms with van der Waals surface area (Å²) in [4.78, 5) is 28.4. The number of nitrogens with one attached hydrogen (secondary N) is 1. The van der Waals surface area contributed by atoms with E-state index < -0.39 is 12.0 Å². The Bertz CT molecular complexity index is 1070. The number of rotatable bonds is 4. The van der Waals surface area contributed by atoms with Crippen LogP contribution < -0.4 is 10.3 Å². The van der Waals surface area contributed by atoms with Gasteiger partial charge in [0.25, 0.3) is 5.91 Å². The van der Waals surface area contributed by atoms with Crippen molar-refractivity contribution < 1.29 is 9.59 Å². The van der Waals surface area contributed by atoms with Gasteiger partial charge in [-0.3, -0.25) is 9.59 Å². The molecule has 5 nitrogen and oxygen atoms in total. The van der Waals surface area contributed by atoms with E-state index in [1.807, 2.05) is 96.9 Å². The zero-order chi connectivity index (χ0) is 20.7. The summed E-state index contributed by atoms with van der Waals surface area (Å²) in [5, 5.41) is 1.94. The second-order valence-electron chi connectivity index (χ2n) is 7.95. The molecule has 2 saturated heterocycles. The molecule has 0 aromatic heterocycles. The van der Waals surface area contributed by atoms with Crippen LogP contribution in [0.15, 0.2) is 84.9 Å². The molecule has 30 heavy (non-hydrogen) atoms. The summed E-state index contributed by atoms with van der Waals surface area (Å²) in [6, 6.07) is 26.7. The number of aryl methyl sites for hydroxylation is 1. The highest BCUT2D eigenvalue weighted by molar-refractivity contribution is 6.24. The van der Waals surface area contributed by atoms with Gasteiger partial charge >= 0.3 is 0 Å². The molecule has 0 saturated carbocycles. The molecule has 1 N–H and O–H groups in total. The van der Waals surface area contributed by atoms with Gasteiger partial charge in [0.05, 0.1) is 17.6 Å². The Balaban J connectivity index is 1.53. The smallest absolute Gasteiger partial charge is 0.253 e. The average Bonchev–Trinajstić information content (AvgIpc) is 3.27. The lowest BCUT2D eigenvalue weighted by Crippen LogP contribution is -2.45. The van der Waals surface area contributed by atoms with Crippen molar-refractivity contribution in [2.75, 3.05) is 4.90 Å². The maximum atomic E-state index is 13.5. The van der Waals surface area contributed by atoms with Crippen LogP contribution in [0.3, 0.4) is 0 Å². The molecule has 2 heterocycles. The number of carbonyl (C=O) groups is 2. The number of hydrogen-bond donors (Lipinski definition) is 1. The number of nitrogens with zero attached hydrogens (tertiary/aromatic N) is 2. The summed E-state index contributed by atoms with van der Waals surface area (Å²) in [5.74, 6) is -0.786. The fourth-order valence-corrected chi connectivity index (χ4v) is 4.48. The van der Waals surface area contributed by atoms with Gasteiger partial charge in [0.2, 0.25) is 5.91 Å². The second-order valence-corrected chi connectivity index (χ2v) is 7.95. The Morgan fingerprint density at radius 2 is 1.43 bits per heavy atom. The van der Waals surface area contributed by atoms with E-state index in [2.05, 4.69) is 5.43 Å². The van der Waals surface area contributed by atoms with Gasteiger partial charge in [-0.25, -0.2) is 15.3 Å². The SMILES string of the molecule is Cc1ccc(N2C(=O)[C@@H]3[C@@H](c4ccccc4)NN(Cc4ccccc4)[C@@H]3C2=O)cc1. The van der Waals surface area contributed by atoms with E-state index in [1.54, 1.807) is 0 Å². The third-order valence-corrected chi connectivity index (χ3v) is 5.97. The van der Waals surface area contributed by atoms with Gasteiger partial charge in [-0.05, 0) is 30.2 Å². The van der Waals surface area contributed by atoms with Crippen LogP contribution in [0.1, 0.15) is 22.7 Å². The maximum Gasteiger partial charge on any atom is 0.253 e. The van der Waals surface area contributed by atoms with Crippen molar-refractivity contribution in [1.29, 1.82) is 0 Å². The number of imide groups is 1. The van der Waals surface area contributed by atoms with Crippen LogP contribution in [-0.4, -0.2) is 22.9 Å². The molecule has 0 unspecified atom stereocenters. The molecule has 150 valence electrons. The Labute approximate surface area is 175 Å². The fraction of sp³-hybridized carbons (Fsp3) is 0.200. The largest absolute Gasteiger partial charge is 0.274 e. The van der Waals surface area contributed by atoms with E-state index in [0.29, 0.717) is 12.2 Å². The zero-order valence-corrected chi connectivity index (χ0v) is 16.7. The summed E-state index contributed by atoms with van der Waals surface area (Å²) < 4.78 is 0. The van der Waals surface area contributed by atoms with Gasteiger partial charge in [0.15, 0.2) is 0 Å². The first-order valence-corrected chi connectivity index (χ1v) is 10.2. The first-order chi connectivity index (χ1) is 14.6. The molecule has 0 radical (unpaired) electrons. The van der Waals surface area contributed by atoms with Crippen molar-refractivity contribution in [3.63, 3.8) is 0 Å². The summed E-state index contributed by atoms with van der Waals surface area (Å²) in [7, 11) is 0. The summed E-state index contributed by atoms with van der Waals surface area (Å²) >= 11 is 0. The Kier molecular flexibility index (Phi) is 4.69. The predicted octanol–water partition coefficient (Wildman–Crippen LogP) is 3.61. The van der Waals surface area contributed by atoms with E-state index in [4.69, 9.17) is 0 Å². The van der Waals surface area contributed by atoms with Crippen molar-refractivity contribution in [3.05, 3.63) is 102 Å². The van der Waals surface area contributed by atoms with Crippen molar-refractivity contribution in [3.8, 4) is 0 Å². The van der Waals surface area contributed by atoms with E-state index in [9.17, 15) is 9.59 Å². The average molecular weight is 397 g/mol. The lowest BCUT2D eigenvalue weighted by molar-refractivity contribution is -0.124. The van der Waals surface area contributed by atoms with Crippen LogP contribution in [0.5, 0.6) is 0 Å². The van der Waals surface area contributed by atoms with Crippen molar-refractivity contribution in [2.45, 2.75) is 25.6 Å². The monoisotopic (exact) mass is 397 g/mol. The lowest BCUT2D eigenvalue weighted by Gasteiger charge is -2.25. The molecular weight excluding hydrogens is 374 g/mol. The van der Waals surface area contributed by atoms with E-state index >= 15 is 0 Å². The minimum atomic E-state index is -0.538. The third kappa shape index (κ3) is 3.12. The predicted molar refractivity (Wildman–Crippen MR) is 115 cm³/mol. The van der Waals surface area contributed by atoms with Gasteiger partial charge in [-0.1, -0.05) is 78.4 Å². The van der Waals surface area contributed by atoms with Crippen molar-refractivity contribution >= 4 is 17.5 Å². The number of carbonyl (C=O) groups excluding carboxylic acids is 2. The summed E-state index contributed by atoms with van der Waals surface area (Å²) in [5.41, 5.74) is 7.29. The van der Waals surface area contributed by atoms with Crippen LogP contribution in [0.25, 0.3) is 0 Å². The molecule has 2 aliphatic heterocycles. The molecule has 0 aliphatic carbocycles. The minimum Gasteiger partial charge on any atom is -0.274 e. The molecule has 0 bridgehead atoms. The normalized spacial score (nSPS) is 23.8. The topological polar surface area (TPSA) is 52.7 Å². The van der Waals surface area contributed by atoms with Crippen LogP contribution in [0.2, 0.25) is 0 Å². The summed E-state index contributed by atoms with van der Waals surface area (Å²) in [6.07, 6.45) is 0. The van der Waals surface area contributed by atoms with E-state index in [1.165, 1.54) is 4.90 Å². The number of hydrogen-bond acceptors (Lipinski definition) is 4. The molecule has 3 aromatic rings. The van der Waals surface area contributed by atoms with E-state index in [0.717, 1.165) is 16.7 Å². The maximum absolute atomic E-state index is 13.5. The van der Waals surface area contributed by atoms with Crippen LogP contribution in [0.4, 0.5) is 5.69 Å². The van der Waals surface area contributed by atoms with E-state index in [-0.39, 0.29) is 17.9 Å². The molecule has 2 amide bonds.